The van der Waals surface area contributed by atoms with Crippen LogP contribution < -0.4 is 5.32 Å². The number of aliphatic imine (C=N–C) groups is 1. The molecule has 0 heterocycles. The van der Waals surface area contributed by atoms with E-state index in [9.17, 15) is 0 Å². The van der Waals surface area contributed by atoms with E-state index in [-0.39, 0.29) is 0 Å². The van der Waals surface area contributed by atoms with Gasteiger partial charge in [-0.15, -0.1) is 0 Å². The first-order chi connectivity index (χ1) is 6.31. The Kier molecular flexibility index (Phi) is 9.10. The highest BCUT2D eigenvalue weighted by atomic mass is 15.1. The van der Waals surface area contributed by atoms with Gasteiger partial charge in [-0.3, -0.25) is 4.99 Å². The second kappa shape index (κ2) is 9.52. The van der Waals surface area contributed by atoms with Crippen molar-refractivity contribution in [2.24, 2.45) is 4.99 Å². The molecule has 0 amide bonds. The molecule has 0 radical (unpaired) electrons. The zero-order chi connectivity index (χ0) is 9.94. The lowest BCUT2D eigenvalue weighted by Crippen LogP contribution is -2.17. The van der Waals surface area contributed by atoms with Crippen LogP contribution in [0.3, 0.4) is 0 Å². The lowest BCUT2D eigenvalue weighted by Gasteiger charge is -2.11. The van der Waals surface area contributed by atoms with Gasteiger partial charge in [0.15, 0.2) is 0 Å². The third-order valence-corrected chi connectivity index (χ3v) is 1.86. The molecule has 0 aliphatic rings. The van der Waals surface area contributed by atoms with Crippen LogP contribution in [0.4, 0.5) is 0 Å². The van der Waals surface area contributed by atoms with Crippen LogP contribution in [0.25, 0.3) is 0 Å². The molecule has 3 nitrogen and oxygen atoms in total. The molecule has 0 aromatic carbocycles. The van der Waals surface area contributed by atoms with Crippen LogP contribution in [0.15, 0.2) is 4.99 Å². The Labute approximate surface area is 82.2 Å². The molecule has 78 valence electrons. The lowest BCUT2D eigenvalue weighted by atomic mass is 10.3. The second-order valence-corrected chi connectivity index (χ2v) is 3.31. The van der Waals surface area contributed by atoms with E-state index < -0.39 is 0 Å². The van der Waals surface area contributed by atoms with Crippen LogP contribution in [-0.2, 0) is 0 Å². The second-order valence-electron chi connectivity index (χ2n) is 3.31. The molecule has 1 N–H and O–H groups in total. The largest absolute Gasteiger partial charge is 0.366 e. The van der Waals surface area contributed by atoms with Crippen molar-refractivity contribution in [2.75, 3.05) is 33.7 Å². The van der Waals surface area contributed by atoms with Crippen LogP contribution in [0.1, 0.15) is 26.2 Å². The van der Waals surface area contributed by atoms with Gasteiger partial charge in [0.2, 0.25) is 0 Å². The Morgan fingerprint density at radius 3 is 2.77 bits per heavy atom. The Morgan fingerprint density at radius 1 is 1.38 bits per heavy atom. The summed E-state index contributed by atoms with van der Waals surface area (Å²) in [4.78, 5) is 6.48. The van der Waals surface area contributed by atoms with E-state index in [4.69, 9.17) is 0 Å². The highest BCUT2D eigenvalue weighted by molar-refractivity contribution is 5.54. The standard InChI is InChI=1S/C10H23N3/c1-4-5-9-13(3)10-12-8-6-7-11-2/h10-11H,4-9H2,1-3H3. The first-order valence-electron chi connectivity index (χ1n) is 5.16. The maximum atomic E-state index is 4.32. The van der Waals surface area contributed by atoms with Crippen molar-refractivity contribution < 1.29 is 0 Å². The van der Waals surface area contributed by atoms with Gasteiger partial charge in [0.1, 0.15) is 0 Å². The predicted octanol–water partition coefficient (Wildman–Crippen LogP) is 1.36. The van der Waals surface area contributed by atoms with Crippen molar-refractivity contribution in [3.8, 4) is 0 Å². The molecule has 0 saturated carbocycles. The van der Waals surface area contributed by atoms with Crippen molar-refractivity contribution in [1.29, 1.82) is 0 Å². The summed E-state index contributed by atoms with van der Waals surface area (Å²) in [5, 5.41) is 3.10. The first kappa shape index (κ1) is 12.4. The molecule has 0 aliphatic carbocycles. The van der Waals surface area contributed by atoms with Gasteiger partial charge in [0, 0.05) is 20.1 Å². The fourth-order valence-corrected chi connectivity index (χ4v) is 1.01. The summed E-state index contributed by atoms with van der Waals surface area (Å²) in [5.74, 6) is 0. The summed E-state index contributed by atoms with van der Waals surface area (Å²) >= 11 is 0. The maximum Gasteiger partial charge on any atom is 0.0847 e. The van der Waals surface area contributed by atoms with Crippen molar-refractivity contribution in [3.63, 3.8) is 0 Å². The van der Waals surface area contributed by atoms with Gasteiger partial charge in [0.25, 0.3) is 0 Å². The zero-order valence-electron chi connectivity index (χ0n) is 9.21. The van der Waals surface area contributed by atoms with Gasteiger partial charge in [0.05, 0.1) is 6.34 Å². The highest BCUT2D eigenvalue weighted by Crippen LogP contribution is 1.88. The minimum atomic E-state index is 0.928. The summed E-state index contributed by atoms with van der Waals surface area (Å²) < 4.78 is 0. The number of hydrogen-bond donors (Lipinski definition) is 1. The Morgan fingerprint density at radius 2 is 2.15 bits per heavy atom. The third kappa shape index (κ3) is 9.34. The molecular weight excluding hydrogens is 162 g/mol. The zero-order valence-corrected chi connectivity index (χ0v) is 9.21. The van der Waals surface area contributed by atoms with Gasteiger partial charge in [-0.2, -0.15) is 0 Å². The van der Waals surface area contributed by atoms with Crippen LogP contribution >= 0.6 is 0 Å². The average Bonchev–Trinajstić information content (AvgIpc) is 2.14. The number of unbranched alkanes of at least 4 members (excludes halogenated alkanes) is 1. The van der Waals surface area contributed by atoms with Gasteiger partial charge in [-0.25, -0.2) is 0 Å². The number of rotatable bonds is 8. The monoisotopic (exact) mass is 185 g/mol. The molecule has 13 heavy (non-hydrogen) atoms. The van der Waals surface area contributed by atoms with Gasteiger partial charge < -0.3 is 10.2 Å². The number of hydrogen-bond acceptors (Lipinski definition) is 2. The topological polar surface area (TPSA) is 27.6 Å². The molecule has 0 aromatic rings. The van der Waals surface area contributed by atoms with Crippen molar-refractivity contribution >= 4 is 6.34 Å². The van der Waals surface area contributed by atoms with E-state index in [1.807, 2.05) is 13.4 Å². The van der Waals surface area contributed by atoms with E-state index in [2.05, 4.69) is 29.2 Å². The van der Waals surface area contributed by atoms with E-state index in [1.165, 1.54) is 12.8 Å². The van der Waals surface area contributed by atoms with E-state index in [0.29, 0.717) is 0 Å². The molecule has 0 atom stereocenters. The van der Waals surface area contributed by atoms with E-state index >= 15 is 0 Å². The summed E-state index contributed by atoms with van der Waals surface area (Å²) in [6, 6.07) is 0. The summed E-state index contributed by atoms with van der Waals surface area (Å²) in [6.45, 7) is 5.30. The predicted molar refractivity (Wildman–Crippen MR) is 59.4 cm³/mol. The molecule has 0 aromatic heterocycles. The molecule has 0 aliphatic heterocycles. The lowest BCUT2D eigenvalue weighted by molar-refractivity contribution is 0.495. The SMILES string of the molecule is CCCCN(C)C=NCCCNC. The molecule has 0 bridgehead atoms. The molecule has 0 saturated heterocycles. The minimum Gasteiger partial charge on any atom is -0.366 e. The molecule has 0 unspecified atom stereocenters. The normalized spacial score (nSPS) is 11.0. The van der Waals surface area contributed by atoms with Gasteiger partial charge in [-0.1, -0.05) is 13.3 Å². The maximum absolute atomic E-state index is 4.32. The quantitative estimate of drug-likeness (QED) is 0.351. The minimum absolute atomic E-state index is 0.928. The molecule has 0 spiro atoms. The Balaban J connectivity index is 3.25. The van der Waals surface area contributed by atoms with Crippen molar-refractivity contribution in [1.82, 2.24) is 10.2 Å². The molecule has 3 heteroatoms. The van der Waals surface area contributed by atoms with Crippen LogP contribution in [-0.4, -0.2) is 45.0 Å². The smallest absolute Gasteiger partial charge is 0.0847 e. The van der Waals surface area contributed by atoms with Gasteiger partial charge >= 0.3 is 0 Å². The van der Waals surface area contributed by atoms with E-state index in [0.717, 1.165) is 26.1 Å². The van der Waals surface area contributed by atoms with E-state index in [1.54, 1.807) is 0 Å². The average molecular weight is 185 g/mol. The summed E-state index contributed by atoms with van der Waals surface area (Å²) in [6.07, 6.45) is 5.57. The van der Waals surface area contributed by atoms with Crippen LogP contribution in [0.2, 0.25) is 0 Å². The van der Waals surface area contributed by atoms with Crippen molar-refractivity contribution in [2.45, 2.75) is 26.2 Å². The molecule has 0 fully saturated rings. The Bertz CT molecular complexity index is 123. The fraction of sp³-hybridized carbons (Fsp3) is 0.900. The third-order valence-electron chi connectivity index (χ3n) is 1.86. The van der Waals surface area contributed by atoms with Crippen molar-refractivity contribution in [3.05, 3.63) is 0 Å². The number of nitrogens with one attached hydrogen (secondary N) is 1. The molecular formula is C10H23N3. The summed E-state index contributed by atoms with van der Waals surface area (Å²) in [5.41, 5.74) is 0. The highest BCUT2D eigenvalue weighted by Gasteiger charge is 1.89. The fourth-order valence-electron chi connectivity index (χ4n) is 1.01. The van der Waals surface area contributed by atoms with Crippen LogP contribution in [0.5, 0.6) is 0 Å². The van der Waals surface area contributed by atoms with Gasteiger partial charge in [-0.05, 0) is 26.4 Å². The first-order valence-corrected chi connectivity index (χ1v) is 5.16. The summed E-state index contributed by atoms with van der Waals surface area (Å²) in [7, 11) is 4.05. The Hall–Kier alpha value is -0.570. The van der Waals surface area contributed by atoms with Crippen LogP contribution in [0, 0.1) is 0 Å². The molecule has 0 rings (SSSR count). The number of nitrogens with zero attached hydrogens (tertiary/aromatic N) is 2.